The molecule has 0 atom stereocenters. The highest BCUT2D eigenvalue weighted by Crippen LogP contribution is 2.31. The zero-order chi connectivity index (χ0) is 13.4. The van der Waals surface area contributed by atoms with Gasteiger partial charge in [0.2, 0.25) is 0 Å². The van der Waals surface area contributed by atoms with Gasteiger partial charge in [0.1, 0.15) is 5.69 Å². The van der Waals surface area contributed by atoms with Gasteiger partial charge < -0.3 is 19.6 Å². The van der Waals surface area contributed by atoms with E-state index in [1.54, 1.807) is 6.07 Å². The molecule has 1 aliphatic heterocycles. The molecule has 3 rings (SSSR count). The zero-order valence-electron chi connectivity index (χ0n) is 10.0. The van der Waals surface area contributed by atoms with E-state index >= 15 is 0 Å². The first kappa shape index (κ1) is 11.7. The van der Waals surface area contributed by atoms with Crippen LogP contribution in [0.1, 0.15) is 0 Å². The lowest BCUT2D eigenvalue weighted by atomic mass is 10.2. The number of aromatic nitrogens is 2. The van der Waals surface area contributed by atoms with Gasteiger partial charge in [-0.1, -0.05) is 0 Å². The zero-order valence-corrected chi connectivity index (χ0v) is 10.0. The van der Waals surface area contributed by atoms with Gasteiger partial charge in [-0.15, -0.1) is 0 Å². The van der Waals surface area contributed by atoms with E-state index in [4.69, 9.17) is 4.74 Å². The van der Waals surface area contributed by atoms with Crippen molar-refractivity contribution >= 4 is 22.4 Å². The first-order chi connectivity index (χ1) is 9.15. The molecule has 8 heteroatoms. The summed E-state index contributed by atoms with van der Waals surface area (Å²) >= 11 is 0. The Morgan fingerprint density at radius 3 is 2.47 bits per heavy atom. The first-order valence-corrected chi connectivity index (χ1v) is 5.88. The minimum absolute atomic E-state index is 0.00958. The second kappa shape index (κ2) is 4.39. The number of fused-ring (bicyclic) bond motifs is 1. The van der Waals surface area contributed by atoms with Crippen LogP contribution in [-0.4, -0.2) is 41.2 Å². The number of hydrogen-bond acceptors (Lipinski definition) is 5. The summed E-state index contributed by atoms with van der Waals surface area (Å²) in [4.78, 5) is 29.0. The van der Waals surface area contributed by atoms with Crippen LogP contribution in [0, 0.1) is 10.1 Å². The third kappa shape index (κ3) is 2.06. The quantitative estimate of drug-likeness (QED) is 0.610. The molecule has 0 saturated carbocycles. The normalized spacial score (nSPS) is 15.9. The molecule has 0 unspecified atom stereocenters. The van der Waals surface area contributed by atoms with E-state index < -0.39 is 4.92 Å². The number of hydrogen-bond donors (Lipinski definition) is 2. The number of nitrogens with zero attached hydrogens (tertiary/aromatic N) is 2. The standard InChI is InChI=1S/C11H12N4O4/c16-11-12-7-5-9(14-1-3-19-4-2-14)10(15(17)18)6-8(7)13-11/h5-6H,1-4H2,(H2,12,13,16). The van der Waals surface area contributed by atoms with Gasteiger partial charge in [-0.05, 0) is 6.07 Å². The number of anilines is 1. The average Bonchev–Trinajstić information content (AvgIpc) is 2.77. The Kier molecular flexibility index (Phi) is 2.71. The van der Waals surface area contributed by atoms with Gasteiger partial charge in [-0.25, -0.2) is 4.79 Å². The summed E-state index contributed by atoms with van der Waals surface area (Å²) in [6, 6.07) is 3.02. The molecule has 1 aliphatic rings. The Bertz CT molecular complexity index is 684. The monoisotopic (exact) mass is 264 g/mol. The predicted molar refractivity (Wildman–Crippen MR) is 68.6 cm³/mol. The summed E-state index contributed by atoms with van der Waals surface area (Å²) in [5, 5.41) is 11.2. The van der Waals surface area contributed by atoms with E-state index in [2.05, 4.69) is 9.97 Å². The second-order valence-corrected chi connectivity index (χ2v) is 4.32. The molecular formula is C11H12N4O4. The van der Waals surface area contributed by atoms with E-state index in [1.165, 1.54) is 6.07 Å². The molecule has 100 valence electrons. The Morgan fingerprint density at radius 2 is 1.84 bits per heavy atom. The molecule has 1 aromatic heterocycles. The van der Waals surface area contributed by atoms with Crippen molar-refractivity contribution in [3.8, 4) is 0 Å². The minimum atomic E-state index is -0.435. The number of H-pyrrole nitrogens is 2. The maximum Gasteiger partial charge on any atom is 0.323 e. The smallest absolute Gasteiger partial charge is 0.323 e. The second-order valence-electron chi connectivity index (χ2n) is 4.32. The molecule has 2 heterocycles. The lowest BCUT2D eigenvalue weighted by molar-refractivity contribution is -0.384. The molecule has 0 amide bonds. The van der Waals surface area contributed by atoms with Crippen LogP contribution in [-0.2, 0) is 4.74 Å². The van der Waals surface area contributed by atoms with Crippen molar-refractivity contribution in [3.05, 3.63) is 32.7 Å². The van der Waals surface area contributed by atoms with Crippen molar-refractivity contribution < 1.29 is 9.66 Å². The maximum absolute atomic E-state index is 11.2. The van der Waals surface area contributed by atoms with Crippen molar-refractivity contribution in [1.29, 1.82) is 0 Å². The predicted octanol–water partition coefficient (Wildman–Crippen LogP) is 0.601. The number of aromatic amines is 2. The van der Waals surface area contributed by atoms with Gasteiger partial charge in [0, 0.05) is 19.2 Å². The summed E-state index contributed by atoms with van der Waals surface area (Å²) in [6.07, 6.45) is 0. The fourth-order valence-corrected chi connectivity index (χ4v) is 2.26. The number of nitrogens with one attached hydrogen (secondary N) is 2. The van der Waals surface area contributed by atoms with Gasteiger partial charge in [0.25, 0.3) is 5.69 Å². The third-order valence-electron chi connectivity index (χ3n) is 3.16. The highest BCUT2D eigenvalue weighted by Gasteiger charge is 2.23. The van der Waals surface area contributed by atoms with Crippen LogP contribution in [0.15, 0.2) is 16.9 Å². The van der Waals surface area contributed by atoms with Crippen molar-refractivity contribution in [2.24, 2.45) is 0 Å². The third-order valence-corrected chi connectivity index (χ3v) is 3.16. The van der Waals surface area contributed by atoms with Crippen molar-refractivity contribution in [3.63, 3.8) is 0 Å². The fourth-order valence-electron chi connectivity index (χ4n) is 2.26. The van der Waals surface area contributed by atoms with Gasteiger partial charge in [-0.3, -0.25) is 10.1 Å². The number of imidazole rings is 1. The van der Waals surface area contributed by atoms with Crippen LogP contribution in [0.5, 0.6) is 0 Å². The van der Waals surface area contributed by atoms with Gasteiger partial charge in [0.05, 0.1) is 29.2 Å². The molecule has 1 saturated heterocycles. The van der Waals surface area contributed by atoms with E-state index in [0.29, 0.717) is 43.0 Å². The lowest BCUT2D eigenvalue weighted by Crippen LogP contribution is -2.36. The molecule has 1 aromatic carbocycles. The SMILES string of the molecule is O=c1[nH]c2cc(N3CCOCC3)c([N+](=O)[O-])cc2[nH]1. The maximum atomic E-state index is 11.2. The molecule has 0 spiro atoms. The highest BCUT2D eigenvalue weighted by atomic mass is 16.6. The molecule has 2 N–H and O–H groups in total. The topological polar surface area (TPSA) is 104 Å². The molecule has 2 aromatic rings. The van der Waals surface area contributed by atoms with Crippen molar-refractivity contribution in [2.45, 2.75) is 0 Å². The van der Waals surface area contributed by atoms with E-state index in [1.807, 2.05) is 4.90 Å². The molecule has 0 radical (unpaired) electrons. The summed E-state index contributed by atoms with van der Waals surface area (Å²) < 4.78 is 5.24. The van der Waals surface area contributed by atoms with Crippen molar-refractivity contribution in [2.75, 3.05) is 31.2 Å². The highest BCUT2D eigenvalue weighted by molar-refractivity contribution is 5.85. The summed E-state index contributed by atoms with van der Waals surface area (Å²) in [5.74, 6) is 0. The fraction of sp³-hybridized carbons (Fsp3) is 0.364. The number of benzene rings is 1. The van der Waals surface area contributed by atoms with Crippen LogP contribution in [0.3, 0.4) is 0 Å². The van der Waals surface area contributed by atoms with E-state index in [9.17, 15) is 14.9 Å². The Hall–Kier alpha value is -2.35. The number of nitro groups is 1. The van der Waals surface area contributed by atoms with Crippen LogP contribution in [0.25, 0.3) is 11.0 Å². The molecule has 0 aliphatic carbocycles. The molecule has 19 heavy (non-hydrogen) atoms. The van der Waals surface area contributed by atoms with Gasteiger partial charge in [-0.2, -0.15) is 0 Å². The largest absolute Gasteiger partial charge is 0.378 e. The molecule has 8 nitrogen and oxygen atoms in total. The van der Waals surface area contributed by atoms with Crippen LogP contribution < -0.4 is 10.6 Å². The summed E-state index contributed by atoms with van der Waals surface area (Å²) in [5.41, 5.74) is 1.13. The van der Waals surface area contributed by atoms with Gasteiger partial charge >= 0.3 is 5.69 Å². The summed E-state index contributed by atoms with van der Waals surface area (Å²) in [6.45, 7) is 2.28. The van der Waals surface area contributed by atoms with Crippen LogP contribution in [0.2, 0.25) is 0 Å². The Balaban J connectivity index is 2.16. The number of rotatable bonds is 2. The lowest BCUT2D eigenvalue weighted by Gasteiger charge is -2.28. The Morgan fingerprint density at radius 1 is 1.21 bits per heavy atom. The average molecular weight is 264 g/mol. The summed E-state index contributed by atoms with van der Waals surface area (Å²) in [7, 11) is 0. The van der Waals surface area contributed by atoms with E-state index in [-0.39, 0.29) is 11.4 Å². The minimum Gasteiger partial charge on any atom is -0.378 e. The van der Waals surface area contributed by atoms with Gasteiger partial charge in [0.15, 0.2) is 0 Å². The number of nitro benzene ring substituents is 1. The van der Waals surface area contributed by atoms with Crippen LogP contribution >= 0.6 is 0 Å². The molecular weight excluding hydrogens is 252 g/mol. The van der Waals surface area contributed by atoms with E-state index in [0.717, 1.165) is 0 Å². The van der Waals surface area contributed by atoms with Crippen LogP contribution in [0.4, 0.5) is 11.4 Å². The number of ether oxygens (including phenoxy) is 1. The Labute approximate surface area is 107 Å². The van der Waals surface area contributed by atoms with Crippen molar-refractivity contribution in [1.82, 2.24) is 9.97 Å². The number of morpholine rings is 1. The first-order valence-electron chi connectivity index (χ1n) is 5.88. The molecule has 1 fully saturated rings. The molecule has 0 bridgehead atoms.